The SMILES string of the molecule is COC(=O)C1=C(C)NC(=O)N[C@@H]1c1ccc(N(C)C)cc1. The van der Waals surface area contributed by atoms with Gasteiger partial charge in [-0.15, -0.1) is 0 Å². The standard InChI is InChI=1S/C15H19N3O3/c1-9-12(14(19)21-4)13(17-15(20)16-9)10-5-7-11(8-6-10)18(2)3/h5-8,13H,1-4H3,(H2,16,17,20)/t13-/m1/s1. The van der Waals surface area contributed by atoms with Crippen molar-refractivity contribution >= 4 is 17.7 Å². The van der Waals surface area contributed by atoms with Crippen LogP contribution in [0.25, 0.3) is 0 Å². The first kappa shape index (κ1) is 14.9. The summed E-state index contributed by atoms with van der Waals surface area (Å²) < 4.78 is 4.81. The van der Waals surface area contributed by atoms with Gasteiger partial charge in [-0.25, -0.2) is 9.59 Å². The molecule has 6 nitrogen and oxygen atoms in total. The zero-order valence-electron chi connectivity index (χ0n) is 12.6. The maximum Gasteiger partial charge on any atom is 0.337 e. The molecule has 1 aromatic rings. The number of methoxy groups -OCH3 is 1. The fourth-order valence-corrected chi connectivity index (χ4v) is 2.29. The molecular weight excluding hydrogens is 270 g/mol. The van der Waals surface area contributed by atoms with E-state index in [1.54, 1.807) is 6.92 Å². The smallest absolute Gasteiger partial charge is 0.337 e. The summed E-state index contributed by atoms with van der Waals surface area (Å²) in [6.45, 7) is 1.69. The molecule has 0 aliphatic carbocycles. The minimum atomic E-state index is -0.512. The van der Waals surface area contributed by atoms with Gasteiger partial charge in [-0.2, -0.15) is 0 Å². The van der Waals surface area contributed by atoms with E-state index < -0.39 is 12.0 Å². The van der Waals surface area contributed by atoms with Gasteiger partial charge in [-0.05, 0) is 24.6 Å². The van der Waals surface area contributed by atoms with Crippen LogP contribution in [0.15, 0.2) is 35.5 Å². The highest BCUT2D eigenvalue weighted by Gasteiger charge is 2.31. The van der Waals surface area contributed by atoms with E-state index in [4.69, 9.17) is 4.74 Å². The highest BCUT2D eigenvalue weighted by atomic mass is 16.5. The van der Waals surface area contributed by atoms with Gasteiger partial charge in [-0.1, -0.05) is 12.1 Å². The molecule has 1 heterocycles. The molecule has 2 N–H and O–H groups in total. The summed E-state index contributed by atoms with van der Waals surface area (Å²) in [5, 5.41) is 5.35. The number of urea groups is 1. The number of benzene rings is 1. The molecule has 0 saturated heterocycles. The first-order chi connectivity index (χ1) is 9.93. The average molecular weight is 289 g/mol. The van der Waals surface area contributed by atoms with Crippen molar-refractivity contribution in [2.75, 3.05) is 26.1 Å². The normalized spacial score (nSPS) is 17.9. The van der Waals surface area contributed by atoms with Crippen LogP contribution in [-0.2, 0) is 9.53 Å². The van der Waals surface area contributed by atoms with Gasteiger partial charge in [0.2, 0.25) is 0 Å². The third kappa shape index (κ3) is 2.99. The maximum absolute atomic E-state index is 12.0. The van der Waals surface area contributed by atoms with Crippen molar-refractivity contribution in [2.24, 2.45) is 0 Å². The summed E-state index contributed by atoms with van der Waals surface area (Å²) >= 11 is 0. The Hall–Kier alpha value is -2.50. The molecule has 112 valence electrons. The molecule has 0 aromatic heterocycles. The Kier molecular flexibility index (Phi) is 4.16. The number of hydrogen-bond donors (Lipinski definition) is 2. The maximum atomic E-state index is 12.0. The van der Waals surface area contributed by atoms with Crippen molar-refractivity contribution in [1.29, 1.82) is 0 Å². The van der Waals surface area contributed by atoms with Crippen LogP contribution in [0.1, 0.15) is 18.5 Å². The molecule has 1 atom stereocenters. The minimum absolute atomic E-state index is 0.332. The van der Waals surface area contributed by atoms with E-state index in [1.165, 1.54) is 7.11 Å². The molecule has 1 aliphatic rings. The Morgan fingerprint density at radius 1 is 1.24 bits per heavy atom. The van der Waals surface area contributed by atoms with Gasteiger partial charge in [0.25, 0.3) is 0 Å². The highest BCUT2D eigenvalue weighted by Crippen LogP contribution is 2.28. The lowest BCUT2D eigenvalue weighted by atomic mass is 9.95. The van der Waals surface area contributed by atoms with E-state index in [9.17, 15) is 9.59 Å². The van der Waals surface area contributed by atoms with E-state index in [-0.39, 0.29) is 6.03 Å². The fraction of sp³-hybridized carbons (Fsp3) is 0.333. The van der Waals surface area contributed by atoms with Gasteiger partial charge in [0, 0.05) is 25.5 Å². The number of nitrogens with one attached hydrogen (secondary N) is 2. The van der Waals surface area contributed by atoms with Crippen LogP contribution in [0, 0.1) is 0 Å². The molecule has 0 saturated carbocycles. The van der Waals surface area contributed by atoms with Crippen LogP contribution in [-0.4, -0.2) is 33.2 Å². The first-order valence-electron chi connectivity index (χ1n) is 6.58. The average Bonchev–Trinajstić information content (AvgIpc) is 2.45. The van der Waals surface area contributed by atoms with Crippen LogP contribution < -0.4 is 15.5 Å². The zero-order valence-corrected chi connectivity index (χ0v) is 12.6. The number of rotatable bonds is 3. The number of hydrogen-bond acceptors (Lipinski definition) is 4. The lowest BCUT2D eigenvalue weighted by Gasteiger charge is -2.28. The molecular formula is C15H19N3O3. The Balaban J connectivity index is 2.41. The molecule has 0 unspecified atom stereocenters. The second-order valence-electron chi connectivity index (χ2n) is 5.05. The minimum Gasteiger partial charge on any atom is -0.466 e. The van der Waals surface area contributed by atoms with Gasteiger partial charge < -0.3 is 20.3 Å². The monoisotopic (exact) mass is 289 g/mol. The number of allylic oxidation sites excluding steroid dienone is 1. The van der Waals surface area contributed by atoms with Gasteiger partial charge in [0.15, 0.2) is 0 Å². The molecule has 0 spiro atoms. The predicted octanol–water partition coefficient (Wildman–Crippen LogP) is 1.55. The largest absolute Gasteiger partial charge is 0.466 e. The van der Waals surface area contributed by atoms with E-state index in [0.717, 1.165) is 11.3 Å². The quantitative estimate of drug-likeness (QED) is 0.828. The van der Waals surface area contributed by atoms with Gasteiger partial charge >= 0.3 is 12.0 Å². The molecule has 0 radical (unpaired) electrons. The molecule has 1 aliphatic heterocycles. The van der Waals surface area contributed by atoms with Crippen LogP contribution in [0.2, 0.25) is 0 Å². The Morgan fingerprint density at radius 2 is 1.86 bits per heavy atom. The third-order valence-electron chi connectivity index (χ3n) is 3.42. The van der Waals surface area contributed by atoms with Crippen LogP contribution in [0.5, 0.6) is 0 Å². The second-order valence-corrected chi connectivity index (χ2v) is 5.05. The van der Waals surface area contributed by atoms with Gasteiger partial charge in [0.1, 0.15) is 0 Å². The summed E-state index contributed by atoms with van der Waals surface area (Å²) in [5.41, 5.74) is 2.79. The topological polar surface area (TPSA) is 70.7 Å². The molecule has 2 amide bonds. The Bertz CT molecular complexity index is 591. The molecule has 21 heavy (non-hydrogen) atoms. The van der Waals surface area contributed by atoms with Crippen molar-refractivity contribution < 1.29 is 14.3 Å². The Morgan fingerprint density at radius 3 is 2.38 bits per heavy atom. The van der Waals surface area contributed by atoms with Crippen molar-refractivity contribution in [3.05, 3.63) is 41.1 Å². The third-order valence-corrected chi connectivity index (χ3v) is 3.42. The molecule has 1 aromatic carbocycles. The molecule has 0 bridgehead atoms. The van der Waals surface area contributed by atoms with Crippen molar-refractivity contribution in [1.82, 2.24) is 10.6 Å². The number of anilines is 1. The van der Waals surface area contributed by atoms with Crippen LogP contribution >= 0.6 is 0 Å². The van der Waals surface area contributed by atoms with Crippen molar-refractivity contribution in [2.45, 2.75) is 13.0 Å². The highest BCUT2D eigenvalue weighted by molar-refractivity contribution is 5.94. The van der Waals surface area contributed by atoms with Crippen LogP contribution in [0.3, 0.4) is 0 Å². The van der Waals surface area contributed by atoms with E-state index in [1.807, 2.05) is 43.3 Å². The molecule has 0 fully saturated rings. The number of carbonyl (C=O) groups is 2. The summed E-state index contributed by atoms with van der Waals surface area (Å²) in [7, 11) is 5.22. The van der Waals surface area contributed by atoms with Gasteiger partial charge in [-0.3, -0.25) is 0 Å². The lowest BCUT2D eigenvalue weighted by molar-refractivity contribution is -0.136. The van der Waals surface area contributed by atoms with Crippen LogP contribution in [0.4, 0.5) is 10.5 Å². The number of esters is 1. The Labute approximate surface area is 123 Å². The summed E-state index contributed by atoms with van der Waals surface area (Å²) in [5.74, 6) is -0.457. The zero-order chi connectivity index (χ0) is 15.6. The lowest BCUT2D eigenvalue weighted by Crippen LogP contribution is -2.45. The number of carbonyl (C=O) groups excluding carboxylic acids is 2. The summed E-state index contributed by atoms with van der Waals surface area (Å²) in [6.07, 6.45) is 0. The molecule has 6 heteroatoms. The second kappa shape index (κ2) is 5.87. The van der Waals surface area contributed by atoms with Crippen molar-refractivity contribution in [3.63, 3.8) is 0 Å². The number of ether oxygens (including phenoxy) is 1. The van der Waals surface area contributed by atoms with Crippen molar-refractivity contribution in [3.8, 4) is 0 Å². The number of nitrogens with zero attached hydrogens (tertiary/aromatic N) is 1. The molecule has 2 rings (SSSR count). The summed E-state index contributed by atoms with van der Waals surface area (Å²) in [4.78, 5) is 25.6. The fourth-order valence-electron chi connectivity index (χ4n) is 2.29. The first-order valence-corrected chi connectivity index (χ1v) is 6.58. The van der Waals surface area contributed by atoms with E-state index in [2.05, 4.69) is 10.6 Å². The van der Waals surface area contributed by atoms with E-state index in [0.29, 0.717) is 11.3 Å². The summed E-state index contributed by atoms with van der Waals surface area (Å²) in [6, 6.07) is 6.81. The van der Waals surface area contributed by atoms with Gasteiger partial charge in [0.05, 0.1) is 18.7 Å². The van der Waals surface area contributed by atoms with E-state index >= 15 is 0 Å². The predicted molar refractivity (Wildman–Crippen MR) is 79.9 cm³/mol. The number of amides is 2.